The van der Waals surface area contributed by atoms with Gasteiger partial charge in [-0.25, -0.2) is 17.8 Å². The van der Waals surface area contributed by atoms with Gasteiger partial charge in [-0.05, 0) is 72.2 Å². The lowest BCUT2D eigenvalue weighted by molar-refractivity contribution is -0.139. The summed E-state index contributed by atoms with van der Waals surface area (Å²) in [5.74, 6) is 0.0170. The fraction of sp³-hybridized carbons (Fsp3) is 0.357. The molecule has 0 bridgehead atoms. The zero-order valence-electron chi connectivity index (χ0n) is 20.6. The van der Waals surface area contributed by atoms with Crippen molar-refractivity contribution < 1.29 is 32.2 Å². The monoisotopic (exact) mass is 525 g/mol. The predicted octanol–water partition coefficient (Wildman–Crippen LogP) is 4.56. The second-order valence-corrected chi connectivity index (χ2v) is 12.1. The third-order valence-corrected chi connectivity index (χ3v) is 8.16. The molecule has 1 N–H and O–H groups in total. The number of carboxylic acids is 1. The molecule has 2 aromatic carbocycles. The SMILES string of the molecule is Cc1cc(OCCCS(C)(=O)=O)ncc1-c1ccc(F)c(COc2ccc3c(c2)C[C@H]2C(C(=O)O)[C@@H]32)c1. The van der Waals surface area contributed by atoms with E-state index in [-0.39, 0.29) is 42.5 Å². The summed E-state index contributed by atoms with van der Waals surface area (Å²) in [4.78, 5) is 15.6. The fourth-order valence-electron chi connectivity index (χ4n) is 5.24. The quantitative estimate of drug-likeness (QED) is 0.387. The van der Waals surface area contributed by atoms with Gasteiger partial charge in [0.25, 0.3) is 0 Å². The maximum absolute atomic E-state index is 14.6. The van der Waals surface area contributed by atoms with Crippen LogP contribution in [0.2, 0.25) is 0 Å². The third kappa shape index (κ3) is 5.46. The van der Waals surface area contributed by atoms with E-state index in [0.717, 1.165) is 34.2 Å². The molecule has 5 rings (SSSR count). The Morgan fingerprint density at radius 3 is 2.70 bits per heavy atom. The fourth-order valence-corrected chi connectivity index (χ4v) is 5.88. The number of sulfone groups is 1. The number of carbonyl (C=O) groups is 1. The lowest BCUT2D eigenvalue weighted by Gasteiger charge is -2.13. The van der Waals surface area contributed by atoms with E-state index in [9.17, 15) is 22.7 Å². The van der Waals surface area contributed by atoms with Crippen molar-refractivity contribution in [3.05, 3.63) is 76.7 Å². The molecular weight excluding hydrogens is 497 g/mol. The van der Waals surface area contributed by atoms with E-state index < -0.39 is 15.8 Å². The van der Waals surface area contributed by atoms with Gasteiger partial charge in [-0.3, -0.25) is 4.79 Å². The number of hydrogen-bond acceptors (Lipinski definition) is 6. The van der Waals surface area contributed by atoms with Crippen LogP contribution in [0.5, 0.6) is 11.6 Å². The van der Waals surface area contributed by atoms with E-state index in [2.05, 4.69) is 4.98 Å². The summed E-state index contributed by atoms with van der Waals surface area (Å²) in [7, 11) is -3.03. The molecule has 0 radical (unpaired) electrons. The van der Waals surface area contributed by atoms with Crippen LogP contribution in [0.3, 0.4) is 0 Å². The van der Waals surface area contributed by atoms with Gasteiger partial charge >= 0.3 is 5.97 Å². The van der Waals surface area contributed by atoms with Gasteiger partial charge in [0.15, 0.2) is 0 Å². The molecule has 1 heterocycles. The summed E-state index contributed by atoms with van der Waals surface area (Å²) in [6, 6.07) is 12.3. The number of benzene rings is 2. The molecule has 7 nitrogen and oxygen atoms in total. The van der Waals surface area contributed by atoms with Gasteiger partial charge < -0.3 is 14.6 Å². The first kappa shape index (κ1) is 25.2. The first-order valence-electron chi connectivity index (χ1n) is 12.1. The summed E-state index contributed by atoms with van der Waals surface area (Å²) >= 11 is 0. The standard InChI is InChI=1S/C28H28FNO6S/c1-16-10-25(35-8-3-9-37(2,33)34)30-14-23(16)17-4-7-24(29)19(11-17)15-36-20-5-6-21-18(12-20)13-22-26(21)27(22)28(31)32/h4-7,10-12,14,22,26-27H,3,8-9,13,15H2,1-2H3,(H,31,32)/t22-,26+,27?/m1/s1. The van der Waals surface area contributed by atoms with Crippen molar-refractivity contribution >= 4 is 15.8 Å². The van der Waals surface area contributed by atoms with Gasteiger partial charge in [-0.2, -0.15) is 0 Å². The van der Waals surface area contributed by atoms with Crippen LogP contribution in [0.25, 0.3) is 11.1 Å². The maximum atomic E-state index is 14.6. The first-order chi connectivity index (χ1) is 17.6. The molecule has 0 aliphatic heterocycles. The Hall–Kier alpha value is -3.46. The molecule has 0 spiro atoms. The van der Waals surface area contributed by atoms with Gasteiger partial charge in [0, 0.05) is 35.6 Å². The topological polar surface area (TPSA) is 103 Å². The van der Waals surface area contributed by atoms with Crippen LogP contribution in [0.15, 0.2) is 48.7 Å². The van der Waals surface area contributed by atoms with E-state index in [1.807, 2.05) is 25.1 Å². The number of aromatic nitrogens is 1. The average molecular weight is 526 g/mol. The molecule has 1 saturated carbocycles. The van der Waals surface area contributed by atoms with E-state index in [4.69, 9.17) is 9.47 Å². The smallest absolute Gasteiger partial charge is 0.307 e. The molecular formula is C28H28FNO6S. The molecule has 1 fully saturated rings. The van der Waals surface area contributed by atoms with Gasteiger partial charge in [0.2, 0.25) is 5.88 Å². The molecule has 2 aliphatic rings. The van der Waals surface area contributed by atoms with Crippen LogP contribution >= 0.6 is 0 Å². The highest BCUT2D eigenvalue weighted by atomic mass is 32.2. The number of halogens is 1. The summed E-state index contributed by atoms with van der Waals surface area (Å²) < 4.78 is 48.6. The Balaban J connectivity index is 1.23. The Morgan fingerprint density at radius 1 is 1.16 bits per heavy atom. The van der Waals surface area contributed by atoms with Gasteiger partial charge in [-0.1, -0.05) is 12.1 Å². The number of carboxylic acid groups (broad SMARTS) is 1. The molecule has 3 atom stereocenters. The molecule has 1 aromatic heterocycles. The van der Waals surface area contributed by atoms with Crippen LogP contribution in [0.4, 0.5) is 4.39 Å². The van der Waals surface area contributed by atoms with Crippen molar-refractivity contribution in [2.75, 3.05) is 18.6 Å². The molecule has 0 saturated heterocycles. The Bertz CT molecular complexity index is 1470. The van der Waals surface area contributed by atoms with Crippen LogP contribution in [-0.4, -0.2) is 43.1 Å². The Morgan fingerprint density at radius 2 is 1.97 bits per heavy atom. The van der Waals surface area contributed by atoms with Crippen LogP contribution in [-0.2, 0) is 27.7 Å². The highest BCUT2D eigenvalue weighted by Crippen LogP contribution is 2.61. The van der Waals surface area contributed by atoms with E-state index in [0.29, 0.717) is 23.6 Å². The summed E-state index contributed by atoms with van der Waals surface area (Å²) in [5.41, 5.74) is 5.12. The van der Waals surface area contributed by atoms with Crippen molar-refractivity contribution in [2.24, 2.45) is 11.8 Å². The van der Waals surface area contributed by atoms with E-state index in [1.54, 1.807) is 24.4 Å². The molecule has 3 aromatic rings. The van der Waals surface area contributed by atoms with Gasteiger partial charge in [-0.15, -0.1) is 0 Å². The van der Waals surface area contributed by atoms with Crippen LogP contribution in [0, 0.1) is 24.6 Å². The molecule has 194 valence electrons. The number of nitrogens with zero attached hydrogens (tertiary/aromatic N) is 1. The summed E-state index contributed by atoms with van der Waals surface area (Å²) in [5, 5.41) is 9.29. The molecule has 1 unspecified atom stereocenters. The minimum absolute atomic E-state index is 0.0527. The third-order valence-electron chi connectivity index (χ3n) is 7.13. The highest BCUT2D eigenvalue weighted by Gasteiger charge is 2.59. The molecule has 0 amide bonds. The summed E-state index contributed by atoms with van der Waals surface area (Å²) in [6.45, 7) is 2.21. The zero-order chi connectivity index (χ0) is 26.3. The average Bonchev–Trinajstić information content (AvgIpc) is 3.43. The molecule has 9 heteroatoms. The number of ether oxygens (including phenoxy) is 2. The maximum Gasteiger partial charge on any atom is 0.307 e. The van der Waals surface area contributed by atoms with Crippen molar-refractivity contribution in [1.29, 1.82) is 0 Å². The predicted molar refractivity (Wildman–Crippen MR) is 136 cm³/mol. The van der Waals surface area contributed by atoms with E-state index in [1.165, 1.54) is 12.3 Å². The van der Waals surface area contributed by atoms with Crippen molar-refractivity contribution in [3.63, 3.8) is 0 Å². The number of hydrogen-bond donors (Lipinski definition) is 1. The van der Waals surface area contributed by atoms with Gasteiger partial charge in [0.05, 0.1) is 18.3 Å². The van der Waals surface area contributed by atoms with Crippen molar-refractivity contribution in [1.82, 2.24) is 4.98 Å². The van der Waals surface area contributed by atoms with Crippen molar-refractivity contribution in [2.45, 2.75) is 32.3 Å². The number of rotatable bonds is 10. The normalized spacial score (nSPS) is 19.7. The highest BCUT2D eigenvalue weighted by molar-refractivity contribution is 7.90. The number of aliphatic carboxylic acids is 1. The van der Waals surface area contributed by atoms with E-state index >= 15 is 0 Å². The second kappa shape index (κ2) is 9.78. The number of fused-ring (bicyclic) bond motifs is 3. The Labute approximate surface area is 215 Å². The lowest BCUT2D eigenvalue weighted by atomic mass is 10.0. The minimum Gasteiger partial charge on any atom is -0.489 e. The summed E-state index contributed by atoms with van der Waals surface area (Å²) in [6.07, 6.45) is 3.98. The first-order valence-corrected chi connectivity index (χ1v) is 14.2. The van der Waals surface area contributed by atoms with Crippen LogP contribution < -0.4 is 9.47 Å². The largest absolute Gasteiger partial charge is 0.489 e. The molecule has 2 aliphatic carbocycles. The number of pyridine rings is 1. The van der Waals surface area contributed by atoms with Gasteiger partial charge in [0.1, 0.15) is 28.0 Å². The lowest BCUT2D eigenvalue weighted by Crippen LogP contribution is -2.08. The minimum atomic E-state index is -3.03. The Kier molecular flexibility index (Phi) is 6.66. The number of aryl methyl sites for hydroxylation is 1. The van der Waals surface area contributed by atoms with Crippen molar-refractivity contribution in [3.8, 4) is 22.8 Å². The zero-order valence-corrected chi connectivity index (χ0v) is 21.4. The van der Waals surface area contributed by atoms with Crippen LogP contribution in [0.1, 0.15) is 34.6 Å². The molecule has 37 heavy (non-hydrogen) atoms. The second-order valence-electron chi connectivity index (χ2n) is 9.88.